The first-order valence-electron chi connectivity index (χ1n) is 8.70. The van der Waals surface area contributed by atoms with Crippen molar-refractivity contribution in [3.63, 3.8) is 0 Å². The highest BCUT2D eigenvalue weighted by atomic mass is 32.1. The monoisotopic (exact) mass is 389 g/mol. The molecule has 5 rings (SSSR count). The number of hydrogen-bond donors (Lipinski definition) is 1. The average Bonchev–Trinajstić information content (AvgIpc) is 3.22. The quantitative estimate of drug-likeness (QED) is 0.484. The topological polar surface area (TPSA) is 77.1 Å². The Morgan fingerprint density at radius 2 is 1.93 bits per heavy atom. The maximum atomic E-state index is 12.8. The molecule has 0 radical (unpaired) electrons. The fraction of sp³-hybridized carbons (Fsp3) is 0.0952. The third-order valence-corrected chi connectivity index (χ3v) is 6.05. The molecule has 3 heterocycles. The average molecular weight is 389 g/mol. The second-order valence-electron chi connectivity index (χ2n) is 6.66. The Morgan fingerprint density at radius 3 is 2.79 bits per heavy atom. The van der Waals surface area contributed by atoms with Crippen LogP contribution >= 0.6 is 11.3 Å². The van der Waals surface area contributed by atoms with Crippen LogP contribution in [0.1, 0.15) is 15.2 Å². The zero-order valence-electron chi connectivity index (χ0n) is 15.1. The van der Waals surface area contributed by atoms with Crippen molar-refractivity contribution >= 4 is 55.1 Å². The number of aryl methyl sites for hydroxylation is 2. The SMILES string of the molecule is Cc1c(C(=O)Nc2ccc3c(c2)oc2ccccc23)sc2ncn(C)c(=O)c12. The van der Waals surface area contributed by atoms with Gasteiger partial charge in [-0.3, -0.25) is 9.59 Å². The van der Waals surface area contributed by atoms with Crippen molar-refractivity contribution in [3.05, 3.63) is 69.6 Å². The maximum Gasteiger partial charge on any atom is 0.266 e. The minimum absolute atomic E-state index is 0.151. The van der Waals surface area contributed by atoms with Crippen LogP contribution in [0.25, 0.3) is 32.2 Å². The van der Waals surface area contributed by atoms with Gasteiger partial charge in [0.15, 0.2) is 0 Å². The number of rotatable bonds is 2. The number of nitrogens with one attached hydrogen (secondary N) is 1. The second-order valence-corrected chi connectivity index (χ2v) is 7.66. The lowest BCUT2D eigenvalue weighted by Gasteiger charge is -2.04. The Hall–Kier alpha value is -3.45. The Morgan fingerprint density at radius 1 is 1.14 bits per heavy atom. The van der Waals surface area contributed by atoms with Gasteiger partial charge in [0.25, 0.3) is 11.5 Å². The van der Waals surface area contributed by atoms with Gasteiger partial charge < -0.3 is 14.3 Å². The van der Waals surface area contributed by atoms with Crippen molar-refractivity contribution in [3.8, 4) is 0 Å². The van der Waals surface area contributed by atoms with Gasteiger partial charge in [0.2, 0.25) is 0 Å². The van der Waals surface area contributed by atoms with E-state index in [2.05, 4.69) is 10.3 Å². The normalized spacial score (nSPS) is 11.5. The third kappa shape index (κ3) is 2.44. The van der Waals surface area contributed by atoms with Crippen LogP contribution in [0.2, 0.25) is 0 Å². The molecule has 28 heavy (non-hydrogen) atoms. The van der Waals surface area contributed by atoms with Gasteiger partial charge in [-0.25, -0.2) is 4.98 Å². The summed E-state index contributed by atoms with van der Waals surface area (Å²) in [6.07, 6.45) is 1.47. The zero-order chi connectivity index (χ0) is 19.4. The Kier molecular flexibility index (Phi) is 3.60. The lowest BCUT2D eigenvalue weighted by molar-refractivity contribution is 0.103. The molecule has 6 nitrogen and oxygen atoms in total. The molecule has 1 N–H and O–H groups in total. The van der Waals surface area contributed by atoms with E-state index < -0.39 is 0 Å². The molecular formula is C21H15N3O3S. The molecule has 3 aromatic heterocycles. The van der Waals surface area contributed by atoms with E-state index in [0.717, 1.165) is 16.4 Å². The predicted octanol–water partition coefficient (Wildman–Crippen LogP) is 4.46. The Balaban J connectivity index is 1.54. The number of carbonyl (C=O) groups is 1. The predicted molar refractivity (Wildman–Crippen MR) is 111 cm³/mol. The standard InChI is InChI=1S/C21H15N3O3S/c1-11-17-20(22-10-24(2)21(17)26)28-18(11)19(25)23-12-7-8-14-13-5-3-4-6-15(13)27-16(14)9-12/h3-10H,1-2H3,(H,23,25). The van der Waals surface area contributed by atoms with Crippen LogP contribution in [0.3, 0.4) is 0 Å². The van der Waals surface area contributed by atoms with Gasteiger partial charge in [-0.05, 0) is 30.7 Å². The van der Waals surface area contributed by atoms with E-state index in [1.807, 2.05) is 42.5 Å². The van der Waals surface area contributed by atoms with E-state index >= 15 is 0 Å². The molecular weight excluding hydrogens is 374 g/mol. The van der Waals surface area contributed by atoms with Crippen molar-refractivity contribution in [2.45, 2.75) is 6.92 Å². The van der Waals surface area contributed by atoms with Crippen LogP contribution in [0, 0.1) is 6.92 Å². The van der Waals surface area contributed by atoms with Crippen LogP contribution in [-0.4, -0.2) is 15.5 Å². The van der Waals surface area contributed by atoms with E-state index in [1.54, 1.807) is 14.0 Å². The van der Waals surface area contributed by atoms with Crippen LogP contribution in [0.4, 0.5) is 5.69 Å². The molecule has 138 valence electrons. The number of hydrogen-bond acceptors (Lipinski definition) is 5. The molecule has 1 amide bonds. The van der Waals surface area contributed by atoms with Gasteiger partial charge in [-0.1, -0.05) is 18.2 Å². The summed E-state index contributed by atoms with van der Waals surface area (Å²) < 4.78 is 7.29. The molecule has 0 spiro atoms. The van der Waals surface area contributed by atoms with Crippen LogP contribution in [0.5, 0.6) is 0 Å². The molecule has 0 atom stereocenters. The lowest BCUT2D eigenvalue weighted by atomic mass is 10.1. The van der Waals surface area contributed by atoms with Crippen LogP contribution in [-0.2, 0) is 7.05 Å². The summed E-state index contributed by atoms with van der Waals surface area (Å²) in [5.74, 6) is -0.266. The summed E-state index contributed by atoms with van der Waals surface area (Å²) in [6.45, 7) is 1.78. The molecule has 5 aromatic rings. The molecule has 0 fully saturated rings. The first-order valence-corrected chi connectivity index (χ1v) is 9.52. The summed E-state index contributed by atoms with van der Waals surface area (Å²) in [7, 11) is 1.65. The molecule has 0 saturated heterocycles. The summed E-state index contributed by atoms with van der Waals surface area (Å²) in [4.78, 5) is 30.5. The van der Waals surface area contributed by atoms with E-state index in [4.69, 9.17) is 4.42 Å². The fourth-order valence-corrected chi connectivity index (χ4v) is 4.45. The first-order chi connectivity index (χ1) is 13.5. The number of carbonyl (C=O) groups excluding carboxylic acids is 1. The number of furan rings is 1. The van der Waals surface area contributed by atoms with Gasteiger partial charge in [0.05, 0.1) is 16.6 Å². The molecule has 0 aliphatic heterocycles. The summed E-state index contributed by atoms with van der Waals surface area (Å²) in [6, 6.07) is 13.4. The third-order valence-electron chi connectivity index (χ3n) is 4.85. The van der Waals surface area contributed by atoms with Crippen LogP contribution < -0.4 is 10.9 Å². The summed E-state index contributed by atoms with van der Waals surface area (Å²) in [5, 5.41) is 5.44. The highest BCUT2D eigenvalue weighted by molar-refractivity contribution is 7.20. The number of fused-ring (bicyclic) bond motifs is 4. The molecule has 0 bridgehead atoms. The van der Waals surface area contributed by atoms with Crippen molar-refractivity contribution in [2.75, 3.05) is 5.32 Å². The van der Waals surface area contributed by atoms with Crippen molar-refractivity contribution in [1.82, 2.24) is 9.55 Å². The number of nitrogens with zero attached hydrogens (tertiary/aromatic N) is 2. The molecule has 0 aliphatic carbocycles. The van der Waals surface area contributed by atoms with Crippen LogP contribution in [0.15, 0.2) is 58.0 Å². The van der Waals surface area contributed by atoms with Gasteiger partial charge >= 0.3 is 0 Å². The Labute approximate surface area is 163 Å². The molecule has 0 unspecified atom stereocenters. The molecule has 0 aliphatic rings. The van der Waals surface area contributed by atoms with Gasteiger partial charge in [-0.2, -0.15) is 0 Å². The number of benzene rings is 2. The number of amides is 1. The number of thiophene rings is 1. The van der Waals surface area contributed by atoms with E-state index in [0.29, 0.717) is 31.9 Å². The van der Waals surface area contributed by atoms with Gasteiger partial charge in [0.1, 0.15) is 16.0 Å². The maximum absolute atomic E-state index is 12.8. The number of anilines is 1. The van der Waals surface area contributed by atoms with Crippen molar-refractivity contribution < 1.29 is 9.21 Å². The fourth-order valence-electron chi connectivity index (χ4n) is 3.42. The first kappa shape index (κ1) is 16.7. The zero-order valence-corrected chi connectivity index (χ0v) is 16.0. The Bertz CT molecular complexity index is 1460. The van der Waals surface area contributed by atoms with Gasteiger partial charge in [0, 0.05) is 29.6 Å². The van der Waals surface area contributed by atoms with Crippen molar-refractivity contribution in [1.29, 1.82) is 0 Å². The van der Waals surface area contributed by atoms with E-state index in [-0.39, 0.29) is 11.5 Å². The minimum Gasteiger partial charge on any atom is -0.456 e. The number of para-hydroxylation sites is 1. The summed E-state index contributed by atoms with van der Waals surface area (Å²) >= 11 is 1.22. The number of aromatic nitrogens is 2. The highest BCUT2D eigenvalue weighted by Crippen LogP contribution is 2.31. The molecule has 7 heteroatoms. The van der Waals surface area contributed by atoms with Gasteiger partial charge in [-0.15, -0.1) is 11.3 Å². The molecule has 0 saturated carbocycles. The smallest absolute Gasteiger partial charge is 0.266 e. The second kappa shape index (κ2) is 6.03. The summed E-state index contributed by atoms with van der Waals surface area (Å²) in [5.41, 5.74) is 2.65. The highest BCUT2D eigenvalue weighted by Gasteiger charge is 2.19. The minimum atomic E-state index is -0.266. The van der Waals surface area contributed by atoms with Crippen molar-refractivity contribution in [2.24, 2.45) is 7.05 Å². The van der Waals surface area contributed by atoms with E-state index in [9.17, 15) is 9.59 Å². The lowest BCUT2D eigenvalue weighted by Crippen LogP contribution is -2.17. The molecule has 2 aromatic carbocycles. The van der Waals surface area contributed by atoms with E-state index in [1.165, 1.54) is 22.2 Å². The largest absolute Gasteiger partial charge is 0.456 e.